The highest BCUT2D eigenvalue weighted by atomic mass is 19.1. The van der Waals surface area contributed by atoms with E-state index in [1.807, 2.05) is 6.07 Å². The predicted octanol–water partition coefficient (Wildman–Crippen LogP) is 2.71. The number of rotatable bonds is 1. The van der Waals surface area contributed by atoms with Crippen LogP contribution < -0.4 is 10.2 Å². The van der Waals surface area contributed by atoms with Gasteiger partial charge in [0.05, 0.1) is 16.9 Å². The van der Waals surface area contributed by atoms with E-state index < -0.39 is 12.7 Å². The molecule has 0 atom stereocenters. The van der Waals surface area contributed by atoms with Crippen molar-refractivity contribution in [3.63, 3.8) is 0 Å². The number of pyridine rings is 1. The number of carbonyl (C=O) groups excluding carboxylic acids is 1. The molecule has 1 aliphatic rings. The predicted molar refractivity (Wildman–Crippen MR) is 66.7 cm³/mol. The average Bonchev–Trinajstić information content (AvgIpc) is 2.53. The summed E-state index contributed by atoms with van der Waals surface area (Å²) in [6.07, 6.45) is 1.59. The summed E-state index contributed by atoms with van der Waals surface area (Å²) in [5.41, 5.74) is 1.55. The van der Waals surface area contributed by atoms with Gasteiger partial charge in [-0.2, -0.15) is 0 Å². The van der Waals surface area contributed by atoms with Crippen LogP contribution in [-0.4, -0.2) is 17.7 Å². The van der Waals surface area contributed by atoms with E-state index in [4.69, 9.17) is 0 Å². The van der Waals surface area contributed by atoms with Crippen molar-refractivity contribution in [3.8, 4) is 0 Å². The number of hydrogen-bond donors (Lipinski definition) is 1. The molecular weight excluding hydrogens is 233 g/mol. The highest BCUT2D eigenvalue weighted by Crippen LogP contribution is 2.34. The van der Waals surface area contributed by atoms with Crippen LogP contribution >= 0.6 is 0 Å². The van der Waals surface area contributed by atoms with Crippen molar-refractivity contribution >= 4 is 23.1 Å². The van der Waals surface area contributed by atoms with Crippen LogP contribution in [0.2, 0.25) is 0 Å². The standard InChI is InChI=1S/C13H10FN3O/c14-8-17-11-6-2-1-5-10(11)16-12-9(13(17)18)4-3-7-15-12/h1-7H,8H2,(H,15,16). The summed E-state index contributed by atoms with van der Waals surface area (Å²) in [5, 5.41) is 3.06. The number of nitrogens with one attached hydrogen (secondary N) is 1. The van der Waals surface area contributed by atoms with E-state index in [-0.39, 0.29) is 0 Å². The van der Waals surface area contributed by atoms with Crippen LogP contribution in [0.25, 0.3) is 0 Å². The van der Waals surface area contributed by atoms with Crippen molar-refractivity contribution in [2.75, 3.05) is 17.0 Å². The summed E-state index contributed by atoms with van der Waals surface area (Å²) in [6.45, 7) is -0.869. The number of amides is 1. The fraction of sp³-hybridized carbons (Fsp3) is 0.0769. The molecule has 1 aromatic carbocycles. The first-order chi connectivity index (χ1) is 8.81. The zero-order valence-corrected chi connectivity index (χ0v) is 9.43. The summed E-state index contributed by atoms with van der Waals surface area (Å²) in [7, 11) is 0. The van der Waals surface area contributed by atoms with Gasteiger partial charge in [0.2, 0.25) is 0 Å². The fourth-order valence-corrected chi connectivity index (χ4v) is 1.99. The third kappa shape index (κ3) is 1.52. The van der Waals surface area contributed by atoms with Crippen molar-refractivity contribution in [1.29, 1.82) is 0 Å². The molecule has 3 rings (SSSR count). The van der Waals surface area contributed by atoms with Crippen LogP contribution in [0, 0.1) is 0 Å². The third-order valence-electron chi connectivity index (χ3n) is 2.85. The average molecular weight is 243 g/mol. The minimum Gasteiger partial charge on any atom is -0.338 e. The van der Waals surface area contributed by atoms with E-state index in [1.165, 1.54) is 0 Å². The molecule has 0 fully saturated rings. The summed E-state index contributed by atoms with van der Waals surface area (Å²) in [5.74, 6) is 0.0592. The molecule has 0 aliphatic carbocycles. The molecule has 1 amide bonds. The van der Waals surface area contributed by atoms with Gasteiger partial charge in [-0.05, 0) is 24.3 Å². The molecule has 1 aromatic heterocycles. The Morgan fingerprint density at radius 2 is 2.06 bits per heavy atom. The Labute approximate surface area is 103 Å². The van der Waals surface area contributed by atoms with Crippen molar-refractivity contribution < 1.29 is 9.18 Å². The smallest absolute Gasteiger partial charge is 0.264 e. The van der Waals surface area contributed by atoms with Crippen LogP contribution in [0.1, 0.15) is 10.4 Å². The SMILES string of the molecule is O=C1c2cccnc2Nc2ccccc2N1CF. The molecule has 18 heavy (non-hydrogen) atoms. The lowest BCUT2D eigenvalue weighted by molar-refractivity contribution is 0.0978. The molecule has 0 unspecified atom stereocenters. The second-order valence-electron chi connectivity index (χ2n) is 3.89. The second-order valence-corrected chi connectivity index (χ2v) is 3.89. The Bertz CT molecular complexity index is 615. The third-order valence-corrected chi connectivity index (χ3v) is 2.85. The van der Waals surface area contributed by atoms with Crippen molar-refractivity contribution in [2.24, 2.45) is 0 Å². The molecule has 0 radical (unpaired) electrons. The molecule has 1 aliphatic heterocycles. The Morgan fingerprint density at radius 1 is 1.22 bits per heavy atom. The molecule has 1 N–H and O–H groups in total. The van der Waals surface area contributed by atoms with Crippen LogP contribution in [0.5, 0.6) is 0 Å². The van der Waals surface area contributed by atoms with Gasteiger partial charge in [0.15, 0.2) is 6.80 Å². The summed E-state index contributed by atoms with van der Waals surface area (Å²) >= 11 is 0. The highest BCUT2D eigenvalue weighted by Gasteiger charge is 2.26. The molecule has 0 saturated carbocycles. The fourth-order valence-electron chi connectivity index (χ4n) is 1.99. The normalized spacial score (nSPS) is 13.4. The van der Waals surface area contributed by atoms with Gasteiger partial charge in [-0.15, -0.1) is 0 Å². The van der Waals surface area contributed by atoms with Crippen molar-refractivity contribution in [2.45, 2.75) is 0 Å². The van der Waals surface area contributed by atoms with E-state index in [9.17, 15) is 9.18 Å². The maximum absolute atomic E-state index is 13.1. The van der Waals surface area contributed by atoms with Gasteiger partial charge in [-0.3, -0.25) is 9.69 Å². The van der Waals surface area contributed by atoms with Gasteiger partial charge in [0, 0.05) is 6.20 Å². The van der Waals surface area contributed by atoms with E-state index in [2.05, 4.69) is 10.3 Å². The molecule has 2 heterocycles. The van der Waals surface area contributed by atoms with Crippen LogP contribution in [-0.2, 0) is 0 Å². The van der Waals surface area contributed by atoms with Gasteiger partial charge in [0.1, 0.15) is 5.82 Å². The number of aromatic nitrogens is 1. The Morgan fingerprint density at radius 3 is 2.89 bits per heavy atom. The van der Waals surface area contributed by atoms with E-state index in [0.717, 1.165) is 4.90 Å². The number of para-hydroxylation sites is 2. The number of benzene rings is 1. The van der Waals surface area contributed by atoms with Gasteiger partial charge < -0.3 is 5.32 Å². The van der Waals surface area contributed by atoms with Crippen LogP contribution in [0.15, 0.2) is 42.6 Å². The lowest BCUT2D eigenvalue weighted by Gasteiger charge is -2.18. The summed E-state index contributed by atoms with van der Waals surface area (Å²) in [4.78, 5) is 17.4. The van der Waals surface area contributed by atoms with Gasteiger partial charge >= 0.3 is 0 Å². The van der Waals surface area contributed by atoms with Gasteiger partial charge in [-0.1, -0.05) is 12.1 Å². The summed E-state index contributed by atoms with van der Waals surface area (Å²) in [6, 6.07) is 10.4. The maximum Gasteiger partial charge on any atom is 0.264 e. The quantitative estimate of drug-likeness (QED) is 0.783. The zero-order chi connectivity index (χ0) is 12.5. The van der Waals surface area contributed by atoms with Crippen LogP contribution in [0.3, 0.4) is 0 Å². The van der Waals surface area contributed by atoms with Crippen molar-refractivity contribution in [3.05, 3.63) is 48.2 Å². The second kappa shape index (κ2) is 4.10. The number of hydrogen-bond acceptors (Lipinski definition) is 3. The number of alkyl halides is 1. The number of halogens is 1. The molecule has 0 spiro atoms. The number of carbonyl (C=O) groups is 1. The van der Waals surface area contributed by atoms with Crippen molar-refractivity contribution in [1.82, 2.24) is 4.98 Å². The highest BCUT2D eigenvalue weighted by molar-refractivity contribution is 6.12. The zero-order valence-electron chi connectivity index (χ0n) is 9.43. The Balaban J connectivity index is 2.23. The van der Waals surface area contributed by atoms with E-state index in [0.29, 0.717) is 22.8 Å². The minimum absolute atomic E-state index is 0.367. The van der Waals surface area contributed by atoms with E-state index in [1.54, 1.807) is 36.5 Å². The first kappa shape index (κ1) is 10.7. The van der Waals surface area contributed by atoms with Gasteiger partial charge in [0.25, 0.3) is 5.91 Å². The largest absolute Gasteiger partial charge is 0.338 e. The Hall–Kier alpha value is -2.43. The number of nitrogens with zero attached hydrogens (tertiary/aromatic N) is 2. The lowest BCUT2D eigenvalue weighted by atomic mass is 10.2. The topological polar surface area (TPSA) is 45.2 Å². The first-order valence-electron chi connectivity index (χ1n) is 5.50. The number of fused-ring (bicyclic) bond motifs is 2. The van der Waals surface area contributed by atoms with Gasteiger partial charge in [-0.25, -0.2) is 9.37 Å². The molecule has 0 bridgehead atoms. The van der Waals surface area contributed by atoms with Crippen LogP contribution in [0.4, 0.5) is 21.6 Å². The maximum atomic E-state index is 13.1. The molecule has 4 nitrogen and oxygen atoms in total. The minimum atomic E-state index is -0.869. The Kier molecular flexibility index (Phi) is 2.44. The molecule has 90 valence electrons. The lowest BCUT2D eigenvalue weighted by Crippen LogP contribution is -2.29. The molecule has 5 heteroatoms. The number of anilines is 3. The molecule has 2 aromatic rings. The monoisotopic (exact) mass is 243 g/mol. The molecule has 0 saturated heterocycles. The molecular formula is C13H10FN3O. The van der Waals surface area contributed by atoms with E-state index >= 15 is 0 Å². The summed E-state index contributed by atoms with van der Waals surface area (Å²) < 4.78 is 13.1. The first-order valence-corrected chi connectivity index (χ1v) is 5.50.